The largest absolute Gasteiger partial charge is 0.384 e. The first kappa shape index (κ1) is 18.0. The van der Waals surface area contributed by atoms with Gasteiger partial charge in [-0.15, -0.1) is 0 Å². The number of para-hydroxylation sites is 2. The lowest BCUT2D eigenvalue weighted by Gasteiger charge is -2.07. The molecule has 0 radical (unpaired) electrons. The molecule has 0 saturated heterocycles. The first-order valence-corrected chi connectivity index (χ1v) is 9.51. The van der Waals surface area contributed by atoms with Gasteiger partial charge in [-0.05, 0) is 37.6 Å². The van der Waals surface area contributed by atoms with Crippen LogP contribution in [0.2, 0.25) is 0 Å². The Morgan fingerprint density at radius 2 is 1.75 bits per heavy atom. The molecule has 0 aliphatic rings. The molecule has 2 aromatic carbocycles. The first-order valence-electron chi connectivity index (χ1n) is 9.51. The molecule has 3 N–H and O–H groups in total. The summed E-state index contributed by atoms with van der Waals surface area (Å²) in [5.74, 6) is 0.134. The number of anilines is 2. The molecule has 0 bridgehead atoms. The quantitative estimate of drug-likeness (QED) is 0.538. The van der Waals surface area contributed by atoms with Gasteiger partial charge in [0.1, 0.15) is 16.9 Å². The molecule has 0 fully saturated rings. The van der Waals surface area contributed by atoms with Gasteiger partial charge in [-0.1, -0.05) is 43.2 Å². The van der Waals surface area contributed by atoms with E-state index in [0.29, 0.717) is 29.1 Å². The third-order valence-electron chi connectivity index (χ3n) is 4.86. The molecule has 1 amide bonds. The predicted molar refractivity (Wildman–Crippen MR) is 113 cm³/mol. The molecular weight excluding hydrogens is 350 g/mol. The second-order valence-corrected chi connectivity index (χ2v) is 6.97. The molecule has 4 aromatic rings. The Bertz CT molecular complexity index is 1160. The highest BCUT2D eigenvalue weighted by atomic mass is 16.1. The molecule has 2 heterocycles. The number of aromatic nitrogens is 3. The zero-order valence-electron chi connectivity index (χ0n) is 16.1. The molecule has 0 aliphatic heterocycles. The van der Waals surface area contributed by atoms with Crippen LogP contribution in [0.5, 0.6) is 0 Å². The minimum absolute atomic E-state index is 0.272. The second kappa shape index (κ2) is 7.31. The van der Waals surface area contributed by atoms with Gasteiger partial charge < -0.3 is 15.6 Å². The highest BCUT2D eigenvalue weighted by Gasteiger charge is 2.23. The van der Waals surface area contributed by atoms with Crippen LogP contribution in [0.25, 0.3) is 22.2 Å². The van der Waals surface area contributed by atoms with Crippen LogP contribution in [0.3, 0.4) is 0 Å². The molecule has 0 unspecified atom stereocenters. The number of nitrogens with zero attached hydrogens (tertiary/aromatic N) is 3. The van der Waals surface area contributed by atoms with E-state index in [1.165, 1.54) is 0 Å². The van der Waals surface area contributed by atoms with Crippen LogP contribution in [0, 0.1) is 6.92 Å². The van der Waals surface area contributed by atoms with E-state index in [2.05, 4.69) is 12.2 Å². The number of unbranched alkanes of at least 4 members (excludes halogenated alkanes) is 1. The normalized spacial score (nSPS) is 11.2. The summed E-state index contributed by atoms with van der Waals surface area (Å²) < 4.78 is 1.91. The van der Waals surface area contributed by atoms with Crippen LogP contribution in [0.4, 0.5) is 11.5 Å². The number of rotatable bonds is 5. The van der Waals surface area contributed by atoms with E-state index in [1.807, 2.05) is 60.0 Å². The topological polar surface area (TPSA) is 85.8 Å². The molecule has 28 heavy (non-hydrogen) atoms. The van der Waals surface area contributed by atoms with Gasteiger partial charge in [-0.25, -0.2) is 9.97 Å². The number of nitrogen functional groups attached to an aromatic ring is 1. The van der Waals surface area contributed by atoms with Crippen molar-refractivity contribution in [1.82, 2.24) is 14.5 Å². The zero-order valence-corrected chi connectivity index (χ0v) is 16.1. The fraction of sp³-hybridized carbons (Fsp3) is 0.227. The Morgan fingerprint density at radius 1 is 1.07 bits per heavy atom. The minimum Gasteiger partial charge on any atom is -0.384 e. The van der Waals surface area contributed by atoms with Gasteiger partial charge in [0, 0.05) is 12.2 Å². The molecule has 0 aliphatic carbocycles. The second-order valence-electron chi connectivity index (χ2n) is 6.97. The van der Waals surface area contributed by atoms with Gasteiger partial charge in [0.25, 0.3) is 5.91 Å². The predicted octanol–water partition coefficient (Wildman–Crippen LogP) is 4.53. The molecular formula is C22H23N5O. The van der Waals surface area contributed by atoms with E-state index in [-0.39, 0.29) is 5.91 Å². The molecule has 0 saturated carbocycles. The van der Waals surface area contributed by atoms with Crippen molar-refractivity contribution in [3.63, 3.8) is 0 Å². The van der Waals surface area contributed by atoms with E-state index in [1.54, 1.807) is 0 Å². The third kappa shape index (κ3) is 3.17. The lowest BCUT2D eigenvalue weighted by Crippen LogP contribution is -2.14. The fourth-order valence-electron chi connectivity index (χ4n) is 3.31. The van der Waals surface area contributed by atoms with E-state index >= 15 is 0 Å². The monoisotopic (exact) mass is 373 g/mol. The van der Waals surface area contributed by atoms with Crippen LogP contribution >= 0.6 is 0 Å². The SMILES string of the molecule is CCCCn1c(N)c(C(=O)Nc2ccc(C)cc2)c2nc3ccccc3nc21. The van der Waals surface area contributed by atoms with Gasteiger partial charge in [0.05, 0.1) is 11.0 Å². The van der Waals surface area contributed by atoms with Crippen molar-refractivity contribution in [3.05, 3.63) is 59.7 Å². The van der Waals surface area contributed by atoms with E-state index in [0.717, 1.165) is 35.1 Å². The van der Waals surface area contributed by atoms with Crippen molar-refractivity contribution in [2.75, 3.05) is 11.1 Å². The number of hydrogen-bond donors (Lipinski definition) is 2. The molecule has 2 aromatic heterocycles. The average Bonchev–Trinajstić information content (AvgIpc) is 2.96. The highest BCUT2D eigenvalue weighted by molar-refractivity contribution is 6.16. The molecule has 6 heteroatoms. The van der Waals surface area contributed by atoms with Gasteiger partial charge in [0.2, 0.25) is 0 Å². The van der Waals surface area contributed by atoms with Crippen molar-refractivity contribution in [3.8, 4) is 0 Å². The van der Waals surface area contributed by atoms with E-state index in [9.17, 15) is 4.79 Å². The molecule has 4 rings (SSSR count). The van der Waals surface area contributed by atoms with Crippen LogP contribution in [0.15, 0.2) is 48.5 Å². The minimum atomic E-state index is -0.272. The Kier molecular flexibility index (Phi) is 4.69. The maximum atomic E-state index is 13.1. The Hall–Kier alpha value is -3.41. The zero-order chi connectivity index (χ0) is 19.7. The Balaban J connectivity index is 1.85. The van der Waals surface area contributed by atoms with Crippen LogP contribution < -0.4 is 11.1 Å². The molecule has 142 valence electrons. The summed E-state index contributed by atoms with van der Waals surface area (Å²) >= 11 is 0. The number of hydrogen-bond acceptors (Lipinski definition) is 4. The summed E-state index contributed by atoms with van der Waals surface area (Å²) in [6, 6.07) is 15.3. The van der Waals surface area contributed by atoms with Crippen molar-refractivity contribution < 1.29 is 4.79 Å². The number of nitrogens with one attached hydrogen (secondary N) is 1. The van der Waals surface area contributed by atoms with Gasteiger partial charge in [-0.2, -0.15) is 0 Å². The smallest absolute Gasteiger partial charge is 0.261 e. The average molecular weight is 373 g/mol. The summed E-state index contributed by atoms with van der Waals surface area (Å²) in [5.41, 5.74) is 11.4. The van der Waals surface area contributed by atoms with Crippen molar-refractivity contribution in [2.24, 2.45) is 0 Å². The maximum Gasteiger partial charge on any atom is 0.261 e. The number of amides is 1. The van der Waals surface area contributed by atoms with Crippen molar-refractivity contribution in [2.45, 2.75) is 33.2 Å². The number of benzene rings is 2. The number of carbonyl (C=O) groups excluding carboxylic acids is 1. The van der Waals surface area contributed by atoms with Crippen LogP contribution in [0.1, 0.15) is 35.7 Å². The van der Waals surface area contributed by atoms with Crippen molar-refractivity contribution >= 4 is 39.6 Å². The van der Waals surface area contributed by atoms with E-state index in [4.69, 9.17) is 15.7 Å². The lowest BCUT2D eigenvalue weighted by molar-refractivity contribution is 0.102. The summed E-state index contributed by atoms with van der Waals surface area (Å²) in [6.07, 6.45) is 1.96. The van der Waals surface area contributed by atoms with Gasteiger partial charge in [0.15, 0.2) is 5.65 Å². The molecule has 0 spiro atoms. The lowest BCUT2D eigenvalue weighted by atomic mass is 10.2. The highest BCUT2D eigenvalue weighted by Crippen LogP contribution is 2.29. The number of aryl methyl sites for hydroxylation is 2. The summed E-state index contributed by atoms with van der Waals surface area (Å²) in [5, 5.41) is 2.94. The molecule has 0 atom stereocenters. The Morgan fingerprint density at radius 3 is 2.43 bits per heavy atom. The Labute approximate surface area is 163 Å². The van der Waals surface area contributed by atoms with Gasteiger partial charge >= 0.3 is 0 Å². The van der Waals surface area contributed by atoms with Crippen LogP contribution in [-0.4, -0.2) is 20.4 Å². The standard InChI is InChI=1S/C22H23N5O/c1-3-4-13-27-20(23)18(22(28)24-15-11-9-14(2)10-12-15)19-21(27)26-17-8-6-5-7-16(17)25-19/h5-12H,3-4,13,23H2,1-2H3,(H,24,28). The van der Waals surface area contributed by atoms with Crippen LogP contribution in [-0.2, 0) is 6.54 Å². The molecule has 6 nitrogen and oxygen atoms in total. The number of fused-ring (bicyclic) bond motifs is 2. The number of carbonyl (C=O) groups is 1. The summed E-state index contributed by atoms with van der Waals surface area (Å²) in [6.45, 7) is 4.82. The summed E-state index contributed by atoms with van der Waals surface area (Å²) in [4.78, 5) is 22.6. The third-order valence-corrected chi connectivity index (χ3v) is 4.86. The number of nitrogens with two attached hydrogens (primary N) is 1. The maximum absolute atomic E-state index is 13.1. The van der Waals surface area contributed by atoms with Crippen molar-refractivity contribution in [1.29, 1.82) is 0 Å². The summed E-state index contributed by atoms with van der Waals surface area (Å²) in [7, 11) is 0. The fourth-order valence-corrected chi connectivity index (χ4v) is 3.31. The first-order chi connectivity index (χ1) is 13.6. The van der Waals surface area contributed by atoms with E-state index < -0.39 is 0 Å². The van der Waals surface area contributed by atoms with Gasteiger partial charge in [-0.3, -0.25) is 4.79 Å².